The topological polar surface area (TPSA) is 106 Å². The molecular weight excluding hydrogens is 370 g/mol. The number of nitrogens with one attached hydrogen (secondary N) is 1. The van der Waals surface area contributed by atoms with Crippen LogP contribution < -0.4 is 5.32 Å². The summed E-state index contributed by atoms with van der Waals surface area (Å²) in [7, 11) is 0. The molecule has 2 aromatic heterocycles. The van der Waals surface area contributed by atoms with E-state index in [1.165, 1.54) is 18.7 Å². The summed E-state index contributed by atoms with van der Waals surface area (Å²) in [5.74, 6) is -0.366. The molecule has 9 heteroatoms. The molecule has 1 aromatic carbocycles. The van der Waals surface area contributed by atoms with E-state index in [0.717, 1.165) is 18.4 Å². The summed E-state index contributed by atoms with van der Waals surface area (Å²) in [6.45, 7) is 1.59. The summed E-state index contributed by atoms with van der Waals surface area (Å²) in [5, 5.41) is 10.9. The average Bonchev–Trinajstić information content (AvgIpc) is 3.43. The maximum atomic E-state index is 12.7. The highest BCUT2D eigenvalue weighted by atomic mass is 16.2. The molecule has 1 aliphatic rings. The van der Waals surface area contributed by atoms with Crippen LogP contribution in [0.25, 0.3) is 0 Å². The fourth-order valence-corrected chi connectivity index (χ4v) is 3.44. The van der Waals surface area contributed by atoms with E-state index < -0.39 is 0 Å². The second kappa shape index (κ2) is 8.59. The monoisotopic (exact) mass is 391 g/mol. The third kappa shape index (κ3) is 4.45. The fraction of sp³-hybridized carbons (Fsp3) is 0.300. The van der Waals surface area contributed by atoms with E-state index in [2.05, 4.69) is 25.6 Å². The molecule has 2 amide bonds. The number of aromatic nitrogens is 5. The Balaban J connectivity index is 1.37. The van der Waals surface area contributed by atoms with Crippen LogP contribution in [0, 0.1) is 0 Å². The summed E-state index contributed by atoms with van der Waals surface area (Å²) in [5.41, 5.74) is 1.74. The number of nitrogens with zero attached hydrogens (tertiary/aromatic N) is 6. The molecule has 0 saturated carbocycles. The zero-order valence-electron chi connectivity index (χ0n) is 15.8. The molecule has 1 unspecified atom stereocenters. The molecule has 1 fully saturated rings. The zero-order chi connectivity index (χ0) is 20.1. The molecule has 0 spiro atoms. The molecule has 3 heterocycles. The van der Waals surface area contributed by atoms with Gasteiger partial charge in [0.1, 0.15) is 6.33 Å². The van der Waals surface area contributed by atoms with Crippen molar-refractivity contribution in [2.45, 2.75) is 32.0 Å². The number of carbonyl (C=O) groups is 2. The van der Waals surface area contributed by atoms with E-state index in [9.17, 15) is 9.59 Å². The summed E-state index contributed by atoms with van der Waals surface area (Å²) in [4.78, 5) is 34.7. The van der Waals surface area contributed by atoms with Gasteiger partial charge in [0.2, 0.25) is 0 Å². The van der Waals surface area contributed by atoms with Gasteiger partial charge < -0.3 is 10.2 Å². The lowest BCUT2D eigenvalue weighted by Crippen LogP contribution is -2.38. The first-order valence-corrected chi connectivity index (χ1v) is 9.49. The molecule has 29 heavy (non-hydrogen) atoms. The Morgan fingerprint density at radius 3 is 2.72 bits per heavy atom. The fourth-order valence-electron chi connectivity index (χ4n) is 3.44. The van der Waals surface area contributed by atoms with Crippen molar-refractivity contribution in [3.63, 3.8) is 0 Å². The quantitative estimate of drug-likeness (QED) is 0.679. The normalized spacial score (nSPS) is 16.0. The smallest absolute Gasteiger partial charge is 0.273 e. The van der Waals surface area contributed by atoms with Gasteiger partial charge in [0, 0.05) is 25.5 Å². The van der Waals surface area contributed by atoms with Crippen LogP contribution in [0.5, 0.6) is 0 Å². The predicted octanol–water partition coefficient (Wildman–Crippen LogP) is 1.30. The molecule has 1 saturated heterocycles. The summed E-state index contributed by atoms with van der Waals surface area (Å²) in [6, 6.07) is 9.66. The second-order valence-electron chi connectivity index (χ2n) is 6.92. The van der Waals surface area contributed by atoms with Gasteiger partial charge in [-0.25, -0.2) is 14.6 Å². The zero-order valence-corrected chi connectivity index (χ0v) is 15.8. The van der Waals surface area contributed by atoms with Gasteiger partial charge in [-0.15, -0.1) is 5.10 Å². The largest absolute Gasteiger partial charge is 0.347 e. The van der Waals surface area contributed by atoms with E-state index in [1.54, 1.807) is 10.9 Å². The van der Waals surface area contributed by atoms with E-state index in [-0.39, 0.29) is 23.6 Å². The van der Waals surface area contributed by atoms with E-state index >= 15 is 0 Å². The van der Waals surface area contributed by atoms with Gasteiger partial charge in [-0.2, -0.15) is 0 Å². The van der Waals surface area contributed by atoms with Crippen LogP contribution in [0.3, 0.4) is 0 Å². The summed E-state index contributed by atoms with van der Waals surface area (Å²) >= 11 is 0. The van der Waals surface area contributed by atoms with Crippen LogP contribution in [-0.2, 0) is 13.1 Å². The molecule has 148 valence electrons. The molecule has 0 aliphatic carbocycles. The van der Waals surface area contributed by atoms with Crippen molar-refractivity contribution in [3.8, 4) is 0 Å². The first-order chi connectivity index (χ1) is 14.2. The van der Waals surface area contributed by atoms with Crippen LogP contribution in [0.15, 0.2) is 55.2 Å². The molecule has 1 N–H and O–H groups in total. The van der Waals surface area contributed by atoms with Crippen molar-refractivity contribution < 1.29 is 9.59 Å². The minimum Gasteiger partial charge on any atom is -0.347 e. The van der Waals surface area contributed by atoms with Crippen LogP contribution >= 0.6 is 0 Å². The molecule has 0 radical (unpaired) electrons. The van der Waals surface area contributed by atoms with Crippen molar-refractivity contribution in [2.24, 2.45) is 0 Å². The first-order valence-electron chi connectivity index (χ1n) is 9.49. The highest BCUT2D eigenvalue weighted by Crippen LogP contribution is 2.21. The highest BCUT2D eigenvalue weighted by Gasteiger charge is 2.30. The van der Waals surface area contributed by atoms with Crippen LogP contribution in [0.2, 0.25) is 0 Å². The van der Waals surface area contributed by atoms with Crippen molar-refractivity contribution >= 4 is 11.8 Å². The molecule has 4 rings (SSSR count). The van der Waals surface area contributed by atoms with Crippen LogP contribution in [0.1, 0.15) is 39.3 Å². The lowest BCUT2D eigenvalue weighted by atomic mass is 10.2. The molecule has 9 nitrogen and oxygen atoms in total. The van der Waals surface area contributed by atoms with Crippen LogP contribution in [-0.4, -0.2) is 54.3 Å². The third-order valence-electron chi connectivity index (χ3n) is 4.91. The molecule has 1 atom stereocenters. The van der Waals surface area contributed by atoms with Crippen molar-refractivity contribution in [2.75, 3.05) is 6.54 Å². The first kappa shape index (κ1) is 18.7. The Morgan fingerprint density at radius 1 is 1.14 bits per heavy atom. The number of hydrogen-bond donors (Lipinski definition) is 1. The Hall–Kier alpha value is -3.62. The minimum absolute atomic E-state index is 0.00960. The number of hydrogen-bond acceptors (Lipinski definition) is 6. The Bertz CT molecular complexity index is 975. The van der Waals surface area contributed by atoms with Gasteiger partial charge in [-0.1, -0.05) is 35.5 Å². The van der Waals surface area contributed by atoms with Crippen LogP contribution in [0.4, 0.5) is 0 Å². The molecule has 1 aliphatic heterocycles. The predicted molar refractivity (Wildman–Crippen MR) is 104 cm³/mol. The standard InChI is InChI=1S/C20H21N7O2/c28-19(23-9-15-5-2-1-3-6-15)18-13-26(25-24-18)12-17-7-4-8-27(17)20(29)16-10-21-14-22-11-16/h1-3,5-6,10-11,13-14,17H,4,7-9,12H2,(H,23,28). The summed E-state index contributed by atoms with van der Waals surface area (Å²) < 4.78 is 1.62. The Kier molecular flexibility index (Phi) is 5.55. The maximum absolute atomic E-state index is 12.7. The number of likely N-dealkylation sites (tertiary alicyclic amines) is 1. The van der Waals surface area contributed by atoms with Gasteiger partial charge in [-0.3, -0.25) is 9.59 Å². The van der Waals surface area contributed by atoms with Gasteiger partial charge in [0.25, 0.3) is 11.8 Å². The van der Waals surface area contributed by atoms with Gasteiger partial charge in [0.05, 0.1) is 24.3 Å². The Labute approximate surface area is 167 Å². The van der Waals surface area contributed by atoms with E-state index in [1.807, 2.05) is 35.2 Å². The Morgan fingerprint density at radius 2 is 1.93 bits per heavy atom. The van der Waals surface area contributed by atoms with Gasteiger partial charge in [-0.05, 0) is 18.4 Å². The second-order valence-corrected chi connectivity index (χ2v) is 6.92. The molecular formula is C20H21N7O2. The van der Waals surface area contributed by atoms with Crippen molar-refractivity contribution in [1.29, 1.82) is 0 Å². The minimum atomic E-state index is -0.277. The van der Waals surface area contributed by atoms with E-state index in [4.69, 9.17) is 0 Å². The third-order valence-corrected chi connectivity index (χ3v) is 4.91. The lowest BCUT2D eigenvalue weighted by molar-refractivity contribution is 0.0720. The van der Waals surface area contributed by atoms with E-state index in [0.29, 0.717) is 25.2 Å². The van der Waals surface area contributed by atoms with Gasteiger partial charge >= 0.3 is 0 Å². The lowest BCUT2D eigenvalue weighted by Gasteiger charge is -2.24. The van der Waals surface area contributed by atoms with Crippen molar-refractivity contribution in [1.82, 2.24) is 35.2 Å². The number of benzene rings is 1. The molecule has 3 aromatic rings. The number of carbonyl (C=O) groups excluding carboxylic acids is 2. The number of amides is 2. The highest BCUT2D eigenvalue weighted by molar-refractivity contribution is 5.94. The van der Waals surface area contributed by atoms with Crippen molar-refractivity contribution in [3.05, 3.63) is 72.1 Å². The maximum Gasteiger partial charge on any atom is 0.273 e. The van der Waals surface area contributed by atoms with Gasteiger partial charge in [0.15, 0.2) is 5.69 Å². The SMILES string of the molecule is O=C(NCc1ccccc1)c1cn(CC2CCCN2C(=O)c2cncnc2)nn1. The number of rotatable bonds is 6. The molecule has 0 bridgehead atoms. The summed E-state index contributed by atoms with van der Waals surface area (Å²) in [6.07, 6.45) is 7.85. The average molecular weight is 391 g/mol.